The van der Waals surface area contributed by atoms with Crippen LogP contribution in [0.2, 0.25) is 0 Å². The van der Waals surface area contributed by atoms with Gasteiger partial charge in [0, 0.05) is 55.0 Å². The van der Waals surface area contributed by atoms with Crippen molar-refractivity contribution < 1.29 is 14.3 Å². The molecule has 0 aromatic carbocycles. The molecule has 0 radical (unpaired) electrons. The van der Waals surface area contributed by atoms with E-state index in [-0.39, 0.29) is 23.3 Å². The summed E-state index contributed by atoms with van der Waals surface area (Å²) in [5, 5.41) is 3.37. The first-order chi connectivity index (χ1) is 16.9. The van der Waals surface area contributed by atoms with Crippen molar-refractivity contribution in [2.45, 2.75) is 77.2 Å². The minimum atomic E-state index is -0.0822. The monoisotopic (exact) mass is 481 g/mol. The number of carbonyl (C=O) groups is 2. The van der Waals surface area contributed by atoms with E-state index in [1.165, 1.54) is 0 Å². The number of ketones is 1. The Balaban J connectivity index is 1.35. The number of aromatic nitrogens is 2. The number of aliphatic imine (C=N–C) groups is 1. The molecule has 1 spiro atoms. The maximum atomic E-state index is 13.3. The molecular weight excluding hydrogens is 442 g/mol. The third kappa shape index (κ3) is 6.34. The molecule has 2 atom stereocenters. The Hall–Kier alpha value is -2.61. The molecule has 0 bridgehead atoms. The standard InChI is InChI=1S/C27H39N5O3/c1-4-21(33)8-6-5-7-9-23(31-25(34)22-15-27(22)10-12-32(2)13-11-27)24-14-19(16-28-24)20-17-29-26(35-3)30-18-20/h16-18,22-23H,4-15H2,1-3H3,(H,31,34)/t22-,23+/m1/s1. The number of ether oxygens (including phenoxy) is 1. The zero-order valence-electron chi connectivity index (χ0n) is 21.4. The van der Waals surface area contributed by atoms with Crippen LogP contribution in [-0.2, 0) is 9.59 Å². The van der Waals surface area contributed by atoms with Gasteiger partial charge in [-0.2, -0.15) is 0 Å². The minimum Gasteiger partial charge on any atom is -0.467 e. The van der Waals surface area contributed by atoms with E-state index in [1.54, 1.807) is 19.5 Å². The Labute approximate surface area is 208 Å². The second-order valence-electron chi connectivity index (χ2n) is 10.4. The number of carbonyl (C=O) groups excluding carboxylic acids is 2. The van der Waals surface area contributed by atoms with E-state index in [1.807, 2.05) is 13.1 Å². The first-order valence-corrected chi connectivity index (χ1v) is 13.1. The number of unbranched alkanes of at least 4 members (excludes halogenated alkanes) is 2. The molecule has 2 fully saturated rings. The van der Waals surface area contributed by atoms with Crippen LogP contribution in [0.3, 0.4) is 0 Å². The fourth-order valence-electron chi connectivity index (χ4n) is 5.38. The van der Waals surface area contributed by atoms with E-state index in [4.69, 9.17) is 9.73 Å². The van der Waals surface area contributed by atoms with Crippen LogP contribution in [0.1, 0.15) is 76.7 Å². The van der Waals surface area contributed by atoms with E-state index in [2.05, 4.69) is 27.2 Å². The van der Waals surface area contributed by atoms with Crippen molar-refractivity contribution in [2.24, 2.45) is 16.3 Å². The van der Waals surface area contributed by atoms with Gasteiger partial charge in [-0.3, -0.25) is 14.6 Å². The molecular formula is C27H39N5O3. The zero-order chi connectivity index (χ0) is 24.8. The predicted molar refractivity (Wildman–Crippen MR) is 136 cm³/mol. The number of piperidine rings is 1. The Morgan fingerprint density at radius 3 is 2.63 bits per heavy atom. The maximum Gasteiger partial charge on any atom is 0.316 e. The van der Waals surface area contributed by atoms with Crippen molar-refractivity contribution in [3.63, 3.8) is 0 Å². The van der Waals surface area contributed by atoms with Gasteiger partial charge in [0.05, 0.1) is 13.2 Å². The van der Waals surface area contributed by atoms with Crippen molar-refractivity contribution in [1.29, 1.82) is 0 Å². The summed E-state index contributed by atoms with van der Waals surface area (Å²) < 4.78 is 5.06. The summed E-state index contributed by atoms with van der Waals surface area (Å²) in [6, 6.07) is 0.258. The molecule has 4 rings (SSSR count). The molecule has 8 heteroatoms. The van der Waals surface area contributed by atoms with Crippen LogP contribution >= 0.6 is 0 Å². The summed E-state index contributed by atoms with van der Waals surface area (Å²) in [4.78, 5) is 40.4. The Kier molecular flexibility index (Phi) is 8.31. The van der Waals surface area contributed by atoms with E-state index >= 15 is 0 Å². The lowest BCUT2D eigenvalue weighted by atomic mass is 9.90. The molecule has 1 N–H and O–H groups in total. The van der Waals surface area contributed by atoms with Crippen molar-refractivity contribution in [1.82, 2.24) is 20.2 Å². The summed E-state index contributed by atoms with van der Waals surface area (Å²) >= 11 is 0. The number of nitrogens with zero attached hydrogens (tertiary/aromatic N) is 4. The number of rotatable bonds is 12. The minimum absolute atomic E-state index is 0.0822. The molecule has 1 saturated heterocycles. The summed E-state index contributed by atoms with van der Waals surface area (Å²) in [5.74, 6) is 0.637. The third-order valence-corrected chi connectivity index (χ3v) is 7.99. The SMILES string of the molecule is CCC(=O)CCCCC[C@H](NC(=O)[C@H]1CC12CCN(C)CC2)C1=NC=C(c2cnc(OC)nc2)C1. The van der Waals surface area contributed by atoms with Gasteiger partial charge in [0.25, 0.3) is 0 Å². The normalized spacial score (nSPS) is 21.9. The van der Waals surface area contributed by atoms with Crippen molar-refractivity contribution in [3.8, 4) is 6.01 Å². The third-order valence-electron chi connectivity index (χ3n) is 7.99. The number of Topliss-reactive ketones (excluding diaryl/α,β-unsaturated/α-hetero) is 1. The molecule has 0 unspecified atom stereocenters. The second-order valence-corrected chi connectivity index (χ2v) is 10.4. The summed E-state index contributed by atoms with van der Waals surface area (Å²) in [7, 11) is 3.71. The van der Waals surface area contributed by atoms with Gasteiger partial charge in [-0.05, 0) is 63.2 Å². The van der Waals surface area contributed by atoms with Crippen LogP contribution in [-0.4, -0.2) is 65.6 Å². The highest BCUT2D eigenvalue weighted by molar-refractivity contribution is 6.03. The van der Waals surface area contributed by atoms with E-state index < -0.39 is 0 Å². The number of hydrogen-bond acceptors (Lipinski definition) is 7. The fraction of sp³-hybridized carbons (Fsp3) is 0.667. The number of allylic oxidation sites excluding steroid dienone is 1. The molecule has 35 heavy (non-hydrogen) atoms. The first kappa shape index (κ1) is 25.5. The average molecular weight is 482 g/mol. The highest BCUT2D eigenvalue weighted by Crippen LogP contribution is 2.59. The van der Waals surface area contributed by atoms with Gasteiger partial charge in [0.2, 0.25) is 5.91 Å². The predicted octanol–water partition coefficient (Wildman–Crippen LogP) is 3.82. The number of amides is 1. The Bertz CT molecular complexity index is 964. The second kappa shape index (κ2) is 11.4. The Morgan fingerprint density at radius 1 is 1.20 bits per heavy atom. The van der Waals surface area contributed by atoms with Crippen LogP contribution in [0.25, 0.3) is 5.57 Å². The topological polar surface area (TPSA) is 96.8 Å². The molecule has 3 heterocycles. The van der Waals surface area contributed by atoms with Gasteiger partial charge in [0.1, 0.15) is 5.78 Å². The fourth-order valence-corrected chi connectivity index (χ4v) is 5.38. The highest BCUT2D eigenvalue weighted by atomic mass is 16.5. The van der Waals surface area contributed by atoms with Gasteiger partial charge in [-0.15, -0.1) is 0 Å². The van der Waals surface area contributed by atoms with Crippen LogP contribution in [0, 0.1) is 11.3 Å². The molecule has 1 amide bonds. The van der Waals surface area contributed by atoms with Crippen LogP contribution in [0.5, 0.6) is 6.01 Å². The van der Waals surface area contributed by atoms with Crippen molar-refractivity contribution in [3.05, 3.63) is 24.2 Å². The largest absolute Gasteiger partial charge is 0.467 e. The number of likely N-dealkylation sites (tertiary alicyclic amines) is 1. The number of nitrogens with one attached hydrogen (secondary N) is 1. The lowest BCUT2D eigenvalue weighted by molar-refractivity contribution is -0.123. The molecule has 8 nitrogen and oxygen atoms in total. The van der Waals surface area contributed by atoms with E-state index in [0.717, 1.165) is 74.9 Å². The van der Waals surface area contributed by atoms with Crippen molar-refractivity contribution in [2.75, 3.05) is 27.2 Å². The van der Waals surface area contributed by atoms with E-state index in [9.17, 15) is 9.59 Å². The molecule has 1 saturated carbocycles. The summed E-state index contributed by atoms with van der Waals surface area (Å²) in [6.45, 7) is 4.07. The molecule has 1 aliphatic carbocycles. The van der Waals surface area contributed by atoms with Crippen molar-refractivity contribution >= 4 is 23.0 Å². The number of hydrogen-bond donors (Lipinski definition) is 1. The van der Waals surface area contributed by atoms with Crippen LogP contribution in [0.15, 0.2) is 23.6 Å². The van der Waals surface area contributed by atoms with Gasteiger partial charge < -0.3 is 15.0 Å². The molecule has 3 aliphatic rings. The van der Waals surface area contributed by atoms with Gasteiger partial charge >= 0.3 is 6.01 Å². The van der Waals surface area contributed by atoms with Crippen LogP contribution in [0.4, 0.5) is 0 Å². The summed E-state index contributed by atoms with van der Waals surface area (Å²) in [5.41, 5.74) is 3.17. The summed E-state index contributed by atoms with van der Waals surface area (Å²) in [6.07, 6.45) is 14.2. The average Bonchev–Trinajstić information content (AvgIpc) is 3.36. The maximum absolute atomic E-state index is 13.3. The lowest BCUT2D eigenvalue weighted by Crippen LogP contribution is -2.43. The van der Waals surface area contributed by atoms with Gasteiger partial charge in [-0.1, -0.05) is 19.8 Å². The Morgan fingerprint density at radius 2 is 1.94 bits per heavy atom. The van der Waals surface area contributed by atoms with Crippen LogP contribution < -0.4 is 10.1 Å². The smallest absolute Gasteiger partial charge is 0.316 e. The highest BCUT2D eigenvalue weighted by Gasteiger charge is 2.58. The number of methoxy groups -OCH3 is 1. The molecule has 1 aromatic rings. The molecule has 2 aliphatic heterocycles. The van der Waals surface area contributed by atoms with Gasteiger partial charge in [0.15, 0.2) is 0 Å². The zero-order valence-corrected chi connectivity index (χ0v) is 21.4. The first-order valence-electron chi connectivity index (χ1n) is 13.1. The molecule has 190 valence electrons. The van der Waals surface area contributed by atoms with Gasteiger partial charge in [-0.25, -0.2) is 9.97 Å². The lowest BCUT2D eigenvalue weighted by Gasteiger charge is -2.30. The molecule has 1 aromatic heterocycles. The van der Waals surface area contributed by atoms with E-state index in [0.29, 0.717) is 31.1 Å². The quantitative estimate of drug-likeness (QED) is 0.456.